The molecule has 14 aromatic carbocycles. The number of hydrogen-bond donors (Lipinski definition) is 0. The Morgan fingerprint density at radius 3 is 1.06 bits per heavy atom. The molecule has 0 N–H and O–H groups in total. The number of nitrogens with zero attached hydrogens (tertiary/aromatic N) is 4. The molecular weight excluding hydrogens is 1080 g/mol. The molecule has 0 aliphatic rings. The van der Waals surface area contributed by atoms with Crippen molar-refractivity contribution in [1.29, 1.82) is 0 Å². The van der Waals surface area contributed by atoms with Crippen LogP contribution in [0.25, 0.3) is 176 Å². The first-order valence-electron chi connectivity index (χ1n) is 30.5. The first-order chi connectivity index (χ1) is 44.1. The molecule has 0 aliphatic heterocycles. The second-order valence-corrected chi connectivity index (χ2v) is 23.6. The average Bonchev–Trinajstić information content (AvgIpc) is 1.62. The summed E-state index contributed by atoms with van der Waals surface area (Å²) in [7, 11) is 0. The average molecular weight is 1130 g/mol. The van der Waals surface area contributed by atoms with E-state index in [1.807, 2.05) is 6.07 Å². The second kappa shape index (κ2) is 19.3. The molecule has 0 amide bonds. The summed E-state index contributed by atoms with van der Waals surface area (Å²) < 4.78 is 16.5. The zero-order chi connectivity index (χ0) is 58.3. The van der Waals surface area contributed by atoms with E-state index in [4.69, 9.17) is 4.42 Å². The van der Waals surface area contributed by atoms with Crippen LogP contribution in [0.15, 0.2) is 320 Å². The van der Waals surface area contributed by atoms with Crippen LogP contribution in [-0.4, -0.2) is 18.3 Å². The molecule has 5 heteroatoms. The monoisotopic (exact) mass is 1130 g/mol. The Kier molecular flexibility index (Phi) is 10.7. The van der Waals surface area contributed by atoms with Crippen LogP contribution in [0.4, 0.5) is 0 Å². The minimum Gasteiger partial charge on any atom is -0.454 e. The van der Waals surface area contributed by atoms with Gasteiger partial charge in [-0.15, -0.1) is 0 Å². The molecule has 0 spiro atoms. The summed E-state index contributed by atoms with van der Waals surface area (Å²) in [6.07, 6.45) is 0. The van der Waals surface area contributed by atoms with E-state index < -0.39 is 0 Å². The van der Waals surface area contributed by atoms with E-state index in [0.29, 0.717) is 0 Å². The van der Waals surface area contributed by atoms with Gasteiger partial charge in [0, 0.05) is 76.6 Å². The van der Waals surface area contributed by atoms with Gasteiger partial charge in [0.15, 0.2) is 5.58 Å². The van der Waals surface area contributed by atoms with Crippen LogP contribution in [0.1, 0.15) is 0 Å². The first-order valence-corrected chi connectivity index (χ1v) is 30.5. The number of rotatable bonds is 8. The van der Waals surface area contributed by atoms with Crippen molar-refractivity contribution in [2.24, 2.45) is 0 Å². The fourth-order valence-electron chi connectivity index (χ4n) is 14.7. The van der Waals surface area contributed by atoms with Gasteiger partial charge in [-0.3, -0.25) is 0 Å². The molecule has 0 bridgehead atoms. The molecule has 89 heavy (non-hydrogen) atoms. The lowest BCUT2D eigenvalue weighted by Gasteiger charge is -2.14. The number of furan rings is 1. The minimum absolute atomic E-state index is 0.892. The van der Waals surface area contributed by atoms with Gasteiger partial charge in [0.25, 0.3) is 0 Å². The summed E-state index contributed by atoms with van der Waals surface area (Å²) >= 11 is 0. The van der Waals surface area contributed by atoms with Crippen molar-refractivity contribution in [3.05, 3.63) is 315 Å². The Hall–Kier alpha value is -11.9. The lowest BCUT2D eigenvalue weighted by atomic mass is 9.98. The lowest BCUT2D eigenvalue weighted by molar-refractivity contribution is 0.671. The quantitative estimate of drug-likeness (QED) is 0.149. The normalized spacial score (nSPS) is 12.0. The number of hydrogen-bond acceptors (Lipinski definition) is 1. The van der Waals surface area contributed by atoms with Crippen LogP contribution in [0.3, 0.4) is 0 Å². The summed E-state index contributed by atoms with van der Waals surface area (Å²) in [6.45, 7) is 0. The fraction of sp³-hybridized carbons (Fsp3) is 0. The zero-order valence-electron chi connectivity index (χ0n) is 48.2. The van der Waals surface area contributed by atoms with Crippen LogP contribution in [-0.2, 0) is 0 Å². The van der Waals surface area contributed by atoms with E-state index in [1.54, 1.807) is 0 Å². The van der Waals surface area contributed by atoms with Gasteiger partial charge < -0.3 is 22.7 Å². The number of para-hydroxylation sites is 5. The fourth-order valence-corrected chi connectivity index (χ4v) is 14.7. The smallest absolute Gasteiger partial charge is 0.160 e. The van der Waals surface area contributed by atoms with Crippen molar-refractivity contribution in [1.82, 2.24) is 18.3 Å². The molecule has 0 aliphatic carbocycles. The third kappa shape index (κ3) is 7.56. The van der Waals surface area contributed by atoms with Gasteiger partial charge >= 0.3 is 0 Å². The molecule has 0 saturated heterocycles. The second-order valence-electron chi connectivity index (χ2n) is 23.6. The largest absolute Gasteiger partial charge is 0.454 e. The molecular formula is C84H52N4O. The molecule has 0 radical (unpaired) electrons. The van der Waals surface area contributed by atoms with Gasteiger partial charge in [-0.2, -0.15) is 0 Å². The molecule has 5 nitrogen and oxygen atoms in total. The third-order valence-electron chi connectivity index (χ3n) is 18.7. The van der Waals surface area contributed by atoms with Gasteiger partial charge in [0.2, 0.25) is 0 Å². The topological polar surface area (TPSA) is 32.9 Å². The molecule has 19 rings (SSSR count). The van der Waals surface area contributed by atoms with E-state index in [-0.39, 0.29) is 0 Å². The Morgan fingerprint density at radius 2 is 0.539 bits per heavy atom. The predicted octanol–water partition coefficient (Wildman–Crippen LogP) is 22.6. The van der Waals surface area contributed by atoms with Crippen LogP contribution < -0.4 is 0 Å². The van der Waals surface area contributed by atoms with Crippen LogP contribution in [0.5, 0.6) is 0 Å². The van der Waals surface area contributed by atoms with Crippen molar-refractivity contribution in [2.75, 3.05) is 0 Å². The molecule has 0 atom stereocenters. The molecule has 0 fully saturated rings. The molecule has 414 valence electrons. The summed E-state index contributed by atoms with van der Waals surface area (Å²) in [6, 6.07) is 116. The van der Waals surface area contributed by atoms with Gasteiger partial charge in [0.1, 0.15) is 5.58 Å². The first kappa shape index (κ1) is 49.4. The van der Waals surface area contributed by atoms with E-state index in [9.17, 15) is 0 Å². The van der Waals surface area contributed by atoms with Crippen LogP contribution in [0.2, 0.25) is 0 Å². The molecule has 0 unspecified atom stereocenters. The molecule has 0 saturated carbocycles. The van der Waals surface area contributed by atoms with Crippen molar-refractivity contribution in [3.8, 4) is 67.3 Å². The highest BCUT2D eigenvalue weighted by Crippen LogP contribution is 2.46. The highest BCUT2D eigenvalue weighted by atomic mass is 16.3. The molecule has 19 aromatic rings. The summed E-state index contributed by atoms with van der Waals surface area (Å²) in [5, 5.41) is 11.8. The van der Waals surface area contributed by atoms with Crippen molar-refractivity contribution >= 4 is 109 Å². The van der Waals surface area contributed by atoms with Crippen molar-refractivity contribution < 1.29 is 4.42 Å². The van der Waals surface area contributed by atoms with E-state index in [1.165, 1.54) is 71.0 Å². The molecule has 5 aromatic heterocycles. The van der Waals surface area contributed by atoms with Gasteiger partial charge in [-0.1, -0.05) is 182 Å². The van der Waals surface area contributed by atoms with Crippen LogP contribution in [0, 0.1) is 0 Å². The Balaban J connectivity index is 0.827. The number of fused-ring (bicyclic) bond motifs is 16. The number of benzene rings is 14. The van der Waals surface area contributed by atoms with E-state index in [0.717, 1.165) is 105 Å². The van der Waals surface area contributed by atoms with Gasteiger partial charge in [-0.25, -0.2) is 0 Å². The Labute approximate surface area is 511 Å². The van der Waals surface area contributed by atoms with Crippen molar-refractivity contribution in [2.45, 2.75) is 0 Å². The third-order valence-corrected chi connectivity index (χ3v) is 18.7. The molecule has 5 heterocycles. The van der Waals surface area contributed by atoms with E-state index in [2.05, 4.69) is 328 Å². The summed E-state index contributed by atoms with van der Waals surface area (Å²) in [4.78, 5) is 0. The highest BCUT2D eigenvalue weighted by Gasteiger charge is 2.24. The maximum Gasteiger partial charge on any atom is 0.160 e. The van der Waals surface area contributed by atoms with Gasteiger partial charge in [0.05, 0.1) is 44.1 Å². The maximum absolute atomic E-state index is 6.76. The lowest BCUT2D eigenvalue weighted by Crippen LogP contribution is -1.96. The Bertz CT molecular complexity index is 6010. The Morgan fingerprint density at radius 1 is 0.180 bits per heavy atom. The van der Waals surface area contributed by atoms with E-state index >= 15 is 0 Å². The maximum atomic E-state index is 6.76. The van der Waals surface area contributed by atoms with Crippen molar-refractivity contribution in [3.63, 3.8) is 0 Å². The number of aromatic nitrogens is 4. The summed E-state index contributed by atoms with van der Waals surface area (Å²) in [5.41, 5.74) is 24.8. The standard InChI is InChI=1S/C84H52N4O/c1-6-20-53(21-7-1)59-44-60(54-22-8-2-9-23-54)46-64(45-59)87-78-42-36-58(50-72(78)74-52-80-73(51-81(74)87)65-30-16-18-32-75(65)86(80)62-26-12-4-13-27-62)57-35-41-77-71(49-57)70-48-56(34-40-76(70)85(77)61-24-10-3-11-25-61)55-37-43-79-69(47-55)67-38-39-68-66-31-17-19-33-82(66)89-84(68)83(67)88(79)63-28-14-5-15-29-63/h1-52H. The minimum atomic E-state index is 0.892. The SMILES string of the molecule is c1ccc(-c2cc(-c3ccccc3)cc(-n3c4ccc(-c5ccc6c(c5)c5cc(-c7ccc8c(c7)c7ccc9c%10ccccc%10oc9c7n8-c7ccccc7)ccc5n6-c5ccccc5)cc4c4cc5c(cc43)c3ccccc3n5-c3ccccc3)c2)cc1. The highest BCUT2D eigenvalue weighted by molar-refractivity contribution is 6.23. The zero-order valence-corrected chi connectivity index (χ0v) is 48.2. The van der Waals surface area contributed by atoms with Crippen LogP contribution >= 0.6 is 0 Å². The summed E-state index contributed by atoms with van der Waals surface area (Å²) in [5.74, 6) is 0. The predicted molar refractivity (Wildman–Crippen MR) is 373 cm³/mol. The van der Waals surface area contributed by atoms with Gasteiger partial charge in [-0.05, 0) is 178 Å².